The summed E-state index contributed by atoms with van der Waals surface area (Å²) >= 11 is 0. The van der Waals surface area contributed by atoms with Gasteiger partial charge in [-0.25, -0.2) is 0 Å². The zero-order valence-electron chi connectivity index (χ0n) is 9.76. The van der Waals surface area contributed by atoms with Gasteiger partial charge in [0, 0.05) is 17.4 Å². The van der Waals surface area contributed by atoms with Crippen LogP contribution in [0.15, 0.2) is 24.3 Å². The number of ether oxygens (including phenoxy) is 1. The first-order chi connectivity index (χ1) is 8.25. The van der Waals surface area contributed by atoms with Crippen molar-refractivity contribution in [3.63, 3.8) is 0 Å². The summed E-state index contributed by atoms with van der Waals surface area (Å²) in [7, 11) is 1.56. The van der Waals surface area contributed by atoms with Crippen molar-refractivity contribution in [3.8, 4) is 5.75 Å². The van der Waals surface area contributed by atoms with E-state index in [1.54, 1.807) is 19.2 Å². The zero-order valence-corrected chi connectivity index (χ0v) is 11.0. The molecule has 0 saturated carbocycles. The third kappa shape index (κ3) is 10.9. The molecule has 0 aromatic heterocycles. The van der Waals surface area contributed by atoms with Gasteiger partial charge in [-0.2, -0.15) is 0 Å². The molecular formula is C12H10CrO5. The molecule has 0 aliphatic carbocycles. The maximum absolute atomic E-state index is 10.9. The van der Waals surface area contributed by atoms with Crippen LogP contribution in [0.3, 0.4) is 0 Å². The fraction of sp³-hybridized carbons (Fsp3) is 0.167. The number of benzene rings is 1. The van der Waals surface area contributed by atoms with Gasteiger partial charge in [0.25, 0.3) is 0 Å². The molecule has 0 aliphatic heterocycles. The fourth-order valence-corrected chi connectivity index (χ4v) is 0.935. The number of rotatable bonds is 2. The Bertz CT molecular complexity index is 367. The van der Waals surface area contributed by atoms with E-state index in [0.717, 1.165) is 0 Å². The van der Waals surface area contributed by atoms with Crippen molar-refractivity contribution in [2.45, 2.75) is 6.92 Å². The molecule has 1 aromatic rings. The smallest absolute Gasteiger partial charge is 0 e. The molecule has 0 fully saturated rings. The molecule has 0 radical (unpaired) electrons. The summed E-state index contributed by atoms with van der Waals surface area (Å²) in [5, 5.41) is 0. The molecule has 0 atom stereocenters. The van der Waals surface area contributed by atoms with Gasteiger partial charge in [0.1, 0.15) is 5.75 Å². The minimum absolute atomic E-state index is 0. The van der Waals surface area contributed by atoms with E-state index in [1.807, 2.05) is 12.1 Å². The number of para-hydroxylation sites is 1. The zero-order chi connectivity index (χ0) is 14.3. The van der Waals surface area contributed by atoms with Crippen molar-refractivity contribution >= 4 is 5.78 Å². The maximum Gasteiger partial charge on any atom is 0 e. The quantitative estimate of drug-likeness (QED) is 0.471. The van der Waals surface area contributed by atoms with E-state index in [0.29, 0.717) is 11.3 Å². The largest absolute Gasteiger partial charge is 0 e. The van der Waals surface area contributed by atoms with E-state index in [9.17, 15) is 4.79 Å². The minimum Gasteiger partial charge on any atom is 0 e. The van der Waals surface area contributed by atoms with Crippen molar-refractivity contribution in [2.75, 3.05) is 7.11 Å². The molecule has 0 aliphatic rings. The number of Topliss-reactive ketones (excluding diaryl/α,β-unsaturated/α-hetero) is 1. The predicted octanol–water partition coefficient (Wildman–Crippen LogP) is 1.78. The van der Waals surface area contributed by atoms with Crippen LogP contribution in [0.25, 0.3) is 0 Å². The van der Waals surface area contributed by atoms with Crippen LogP contribution in [0.4, 0.5) is 0 Å². The van der Waals surface area contributed by atoms with Crippen LogP contribution in [0, 0.1) is 20.0 Å². The van der Waals surface area contributed by atoms with Crippen LogP contribution in [-0.4, -0.2) is 12.9 Å². The topological polar surface area (TPSA) is 86.0 Å². The van der Waals surface area contributed by atoms with Crippen molar-refractivity contribution in [1.82, 2.24) is 0 Å². The van der Waals surface area contributed by atoms with Crippen LogP contribution in [0.5, 0.6) is 5.75 Å². The van der Waals surface area contributed by atoms with Gasteiger partial charge in [-0.1, -0.05) is 12.1 Å². The second-order valence-corrected chi connectivity index (χ2v) is 2.26. The molecular weight excluding hydrogens is 276 g/mol. The molecule has 0 N–H and O–H groups in total. The number of carbonyl (C=O) groups is 1. The SMILES string of the molecule is COc1ccccc1C(C)=O.[C-]#[O+].[C-]#[O+].[C-]#[O+].[Cr]. The molecule has 0 saturated heterocycles. The van der Waals surface area contributed by atoms with Crippen LogP contribution in [0.2, 0.25) is 0 Å². The van der Waals surface area contributed by atoms with Crippen molar-refractivity contribution in [3.05, 3.63) is 49.8 Å². The van der Waals surface area contributed by atoms with Crippen LogP contribution >= 0.6 is 0 Å². The summed E-state index contributed by atoms with van der Waals surface area (Å²) in [4.78, 5) is 10.9. The Balaban J connectivity index is -0.000000123. The van der Waals surface area contributed by atoms with E-state index in [4.69, 9.17) is 18.7 Å². The van der Waals surface area contributed by atoms with Crippen LogP contribution in [0.1, 0.15) is 17.3 Å². The predicted molar refractivity (Wildman–Crippen MR) is 54.8 cm³/mol. The molecule has 1 aromatic carbocycles. The van der Waals surface area contributed by atoms with E-state index in [2.05, 4.69) is 20.0 Å². The molecule has 0 bridgehead atoms. The van der Waals surface area contributed by atoms with Gasteiger partial charge in [0.05, 0.1) is 12.7 Å². The number of methoxy groups -OCH3 is 1. The normalized spacial score (nSPS) is 6.00. The second-order valence-electron chi connectivity index (χ2n) is 2.26. The number of hydrogen-bond donors (Lipinski definition) is 0. The number of carbonyl (C=O) groups excluding carboxylic acids is 1. The van der Waals surface area contributed by atoms with Crippen LogP contribution in [-0.2, 0) is 31.3 Å². The fourth-order valence-electron chi connectivity index (χ4n) is 0.935. The first kappa shape index (κ1) is 25.3. The maximum atomic E-state index is 10.9. The van der Waals surface area contributed by atoms with Gasteiger partial charge < -0.3 is 4.74 Å². The molecule has 0 amide bonds. The summed E-state index contributed by atoms with van der Waals surface area (Å²) < 4.78 is 27.5. The Hall–Kier alpha value is -1.56. The third-order valence-electron chi connectivity index (χ3n) is 1.49. The number of ketones is 1. The van der Waals surface area contributed by atoms with Gasteiger partial charge in [-0.15, -0.1) is 0 Å². The van der Waals surface area contributed by atoms with E-state index < -0.39 is 0 Å². The minimum atomic E-state index is 0. The molecule has 94 valence electrons. The summed E-state index contributed by atoms with van der Waals surface area (Å²) in [6.07, 6.45) is 0. The Kier molecular flexibility index (Phi) is 29.3. The summed E-state index contributed by atoms with van der Waals surface area (Å²) in [5.74, 6) is 0.669. The standard InChI is InChI=1S/C9H10O2.3CO.Cr/c1-7(10)8-5-3-4-6-9(8)11-2;3*1-2;/h3-6H,1-2H3;;;;. The Morgan fingerprint density at radius 2 is 1.44 bits per heavy atom. The summed E-state index contributed by atoms with van der Waals surface area (Å²) in [6, 6.07) is 7.18. The van der Waals surface area contributed by atoms with Gasteiger partial charge >= 0.3 is 33.9 Å². The molecule has 0 unspecified atom stereocenters. The average molecular weight is 286 g/mol. The van der Waals surface area contributed by atoms with Gasteiger partial charge in [0.15, 0.2) is 5.78 Å². The van der Waals surface area contributed by atoms with Gasteiger partial charge in [0.2, 0.25) is 0 Å². The second kappa shape index (κ2) is 20.8. The number of hydrogen-bond acceptors (Lipinski definition) is 2. The molecule has 1 rings (SSSR count). The molecule has 0 spiro atoms. The summed E-state index contributed by atoms with van der Waals surface area (Å²) in [6.45, 7) is 15.0. The molecule has 18 heavy (non-hydrogen) atoms. The van der Waals surface area contributed by atoms with Gasteiger partial charge in [-0.3, -0.25) is 4.79 Å². The molecule has 5 nitrogen and oxygen atoms in total. The molecule has 0 heterocycles. The summed E-state index contributed by atoms with van der Waals surface area (Å²) in [5.41, 5.74) is 0.634. The first-order valence-electron chi connectivity index (χ1n) is 4.01. The van der Waals surface area contributed by atoms with E-state index in [1.165, 1.54) is 6.92 Å². The Morgan fingerprint density at radius 3 is 1.72 bits per heavy atom. The van der Waals surface area contributed by atoms with Crippen molar-refractivity contribution < 1.29 is 40.8 Å². The van der Waals surface area contributed by atoms with Crippen molar-refractivity contribution in [2.24, 2.45) is 0 Å². The van der Waals surface area contributed by atoms with Gasteiger partial charge in [-0.05, 0) is 19.1 Å². The van der Waals surface area contributed by atoms with E-state index in [-0.39, 0.29) is 23.1 Å². The third-order valence-corrected chi connectivity index (χ3v) is 1.49. The Labute approximate surface area is 116 Å². The molecule has 6 heteroatoms. The average Bonchev–Trinajstić information content (AvgIpc) is 2.45. The Morgan fingerprint density at radius 1 is 1.06 bits per heavy atom. The monoisotopic (exact) mass is 286 g/mol. The first-order valence-corrected chi connectivity index (χ1v) is 4.01. The van der Waals surface area contributed by atoms with E-state index >= 15 is 0 Å². The van der Waals surface area contributed by atoms with Crippen LogP contribution < -0.4 is 4.74 Å². The van der Waals surface area contributed by atoms with Crippen molar-refractivity contribution in [1.29, 1.82) is 0 Å².